The number of carbonyl (C=O) groups excluding carboxylic acids is 1. The van der Waals surface area contributed by atoms with Crippen LogP contribution in [0.3, 0.4) is 0 Å². The van der Waals surface area contributed by atoms with E-state index in [0.717, 1.165) is 18.7 Å². The predicted octanol–water partition coefficient (Wildman–Crippen LogP) is 2.46. The van der Waals surface area contributed by atoms with Crippen LogP contribution in [0.1, 0.15) is 21.7 Å². The van der Waals surface area contributed by atoms with Gasteiger partial charge in [0.2, 0.25) is 0 Å². The van der Waals surface area contributed by atoms with E-state index >= 15 is 0 Å². The van der Waals surface area contributed by atoms with E-state index in [0.29, 0.717) is 12.4 Å². The topological polar surface area (TPSA) is 79.8 Å². The maximum Gasteiger partial charge on any atom is 0.272 e. The third-order valence-electron chi connectivity index (χ3n) is 3.62. The molecule has 0 spiro atoms. The van der Waals surface area contributed by atoms with Gasteiger partial charge in [0, 0.05) is 12.7 Å². The van der Waals surface area contributed by atoms with E-state index in [9.17, 15) is 4.79 Å². The highest BCUT2D eigenvalue weighted by Gasteiger charge is 2.08. The Hall–Kier alpha value is -3.28. The lowest BCUT2D eigenvalue weighted by molar-refractivity contribution is 0.0944. The van der Waals surface area contributed by atoms with Gasteiger partial charge in [-0.15, -0.1) is 10.2 Å². The molecular weight excluding hydrogens is 314 g/mol. The molecule has 1 amide bonds. The number of benzene rings is 1. The molecule has 0 aliphatic carbocycles. The van der Waals surface area contributed by atoms with Crippen LogP contribution in [-0.4, -0.2) is 27.6 Å². The van der Waals surface area contributed by atoms with Crippen LogP contribution in [0, 0.1) is 0 Å². The van der Waals surface area contributed by atoms with Gasteiger partial charge in [0.05, 0.1) is 12.2 Å². The van der Waals surface area contributed by atoms with Crippen molar-refractivity contribution in [2.24, 2.45) is 0 Å². The number of amides is 1. The normalized spacial score (nSPS) is 10.2. The minimum absolute atomic E-state index is 0.269. The minimum Gasteiger partial charge on any atom is -0.368 e. The summed E-state index contributed by atoms with van der Waals surface area (Å²) in [5.74, 6) is 0.381. The van der Waals surface area contributed by atoms with Crippen molar-refractivity contribution in [3.63, 3.8) is 0 Å². The molecule has 25 heavy (non-hydrogen) atoms. The average Bonchev–Trinajstić information content (AvgIpc) is 2.68. The zero-order valence-corrected chi connectivity index (χ0v) is 13.7. The molecule has 1 aromatic carbocycles. The Morgan fingerprint density at radius 1 is 0.920 bits per heavy atom. The molecule has 0 aliphatic rings. The highest BCUT2D eigenvalue weighted by molar-refractivity contribution is 5.92. The summed E-state index contributed by atoms with van der Waals surface area (Å²) in [7, 11) is 0. The standard InChI is InChI=1S/C19H19N5O/c25-19(22-14-16-8-4-5-12-20-16)17-9-10-18(24-23-17)21-13-11-15-6-2-1-3-7-15/h1-10,12H,11,13-14H2,(H,21,24)(H,22,25). The predicted molar refractivity (Wildman–Crippen MR) is 96.1 cm³/mol. The largest absolute Gasteiger partial charge is 0.368 e. The average molecular weight is 333 g/mol. The SMILES string of the molecule is O=C(NCc1ccccn1)c1ccc(NCCc2ccccc2)nn1. The molecule has 0 atom stereocenters. The van der Waals surface area contributed by atoms with Gasteiger partial charge < -0.3 is 10.6 Å². The highest BCUT2D eigenvalue weighted by Crippen LogP contribution is 2.04. The van der Waals surface area contributed by atoms with Gasteiger partial charge in [-0.25, -0.2) is 0 Å². The van der Waals surface area contributed by atoms with Crippen molar-refractivity contribution in [3.8, 4) is 0 Å². The molecule has 6 heteroatoms. The van der Waals surface area contributed by atoms with Gasteiger partial charge in [-0.05, 0) is 36.2 Å². The van der Waals surface area contributed by atoms with E-state index in [1.165, 1.54) is 5.56 Å². The summed E-state index contributed by atoms with van der Waals surface area (Å²) >= 11 is 0. The van der Waals surface area contributed by atoms with Crippen molar-refractivity contribution in [2.45, 2.75) is 13.0 Å². The Morgan fingerprint density at radius 2 is 1.76 bits per heavy atom. The second-order valence-corrected chi connectivity index (χ2v) is 5.47. The molecule has 126 valence electrons. The summed E-state index contributed by atoms with van der Waals surface area (Å²) in [6, 6.07) is 19.2. The molecular formula is C19H19N5O. The third-order valence-corrected chi connectivity index (χ3v) is 3.62. The quantitative estimate of drug-likeness (QED) is 0.694. The number of pyridine rings is 1. The van der Waals surface area contributed by atoms with Crippen LogP contribution in [0.2, 0.25) is 0 Å². The van der Waals surface area contributed by atoms with Crippen LogP contribution in [0.5, 0.6) is 0 Å². The summed E-state index contributed by atoms with van der Waals surface area (Å²) in [4.78, 5) is 16.2. The van der Waals surface area contributed by atoms with E-state index in [-0.39, 0.29) is 11.6 Å². The molecule has 2 aromatic heterocycles. The van der Waals surface area contributed by atoms with Crippen LogP contribution in [-0.2, 0) is 13.0 Å². The van der Waals surface area contributed by atoms with Crippen molar-refractivity contribution < 1.29 is 4.79 Å². The lowest BCUT2D eigenvalue weighted by Gasteiger charge is -2.06. The van der Waals surface area contributed by atoms with Crippen molar-refractivity contribution >= 4 is 11.7 Å². The molecule has 2 heterocycles. The first kappa shape index (κ1) is 16.6. The van der Waals surface area contributed by atoms with E-state index in [4.69, 9.17) is 0 Å². The molecule has 0 saturated heterocycles. The summed E-state index contributed by atoms with van der Waals surface area (Å²) in [6.07, 6.45) is 2.59. The minimum atomic E-state index is -0.269. The van der Waals surface area contributed by atoms with Crippen LogP contribution in [0.4, 0.5) is 5.82 Å². The molecule has 0 bridgehead atoms. The van der Waals surface area contributed by atoms with E-state index in [1.807, 2.05) is 36.4 Å². The van der Waals surface area contributed by atoms with E-state index < -0.39 is 0 Å². The maximum atomic E-state index is 12.1. The highest BCUT2D eigenvalue weighted by atomic mass is 16.1. The molecule has 3 aromatic rings. The lowest BCUT2D eigenvalue weighted by atomic mass is 10.1. The van der Waals surface area contributed by atoms with E-state index in [1.54, 1.807) is 18.3 Å². The van der Waals surface area contributed by atoms with Gasteiger partial charge in [-0.2, -0.15) is 0 Å². The molecule has 2 N–H and O–H groups in total. The van der Waals surface area contributed by atoms with Crippen molar-refractivity contribution in [2.75, 3.05) is 11.9 Å². The first-order valence-corrected chi connectivity index (χ1v) is 8.11. The Labute approximate surface area is 146 Å². The molecule has 0 saturated carbocycles. The van der Waals surface area contributed by atoms with Gasteiger partial charge >= 0.3 is 0 Å². The summed E-state index contributed by atoms with van der Waals surface area (Å²) < 4.78 is 0. The van der Waals surface area contributed by atoms with Gasteiger partial charge in [0.25, 0.3) is 5.91 Å². The fraction of sp³-hybridized carbons (Fsp3) is 0.158. The number of hydrogen-bond donors (Lipinski definition) is 2. The first-order chi connectivity index (χ1) is 12.3. The van der Waals surface area contributed by atoms with Crippen molar-refractivity contribution in [1.29, 1.82) is 0 Å². The number of hydrogen-bond acceptors (Lipinski definition) is 5. The van der Waals surface area contributed by atoms with Gasteiger partial charge in [-0.3, -0.25) is 9.78 Å². The summed E-state index contributed by atoms with van der Waals surface area (Å²) in [6.45, 7) is 1.11. The Kier molecular flexibility index (Phi) is 5.66. The van der Waals surface area contributed by atoms with E-state index in [2.05, 4.69) is 37.9 Å². The molecule has 0 fully saturated rings. The number of nitrogens with zero attached hydrogens (tertiary/aromatic N) is 3. The van der Waals surface area contributed by atoms with Crippen molar-refractivity contribution in [3.05, 3.63) is 83.8 Å². The molecule has 0 radical (unpaired) electrons. The summed E-state index contributed by atoms with van der Waals surface area (Å²) in [5, 5.41) is 14.0. The molecule has 6 nitrogen and oxygen atoms in total. The zero-order chi connectivity index (χ0) is 17.3. The first-order valence-electron chi connectivity index (χ1n) is 8.11. The third kappa shape index (κ3) is 5.10. The second-order valence-electron chi connectivity index (χ2n) is 5.47. The number of anilines is 1. The van der Waals surface area contributed by atoms with Crippen LogP contribution < -0.4 is 10.6 Å². The fourth-order valence-corrected chi connectivity index (χ4v) is 2.29. The van der Waals surface area contributed by atoms with Crippen LogP contribution in [0.25, 0.3) is 0 Å². The summed E-state index contributed by atoms with van der Waals surface area (Å²) in [5.41, 5.74) is 2.33. The number of nitrogens with one attached hydrogen (secondary N) is 2. The zero-order valence-electron chi connectivity index (χ0n) is 13.7. The maximum absolute atomic E-state index is 12.1. The monoisotopic (exact) mass is 333 g/mol. The van der Waals surface area contributed by atoms with Crippen molar-refractivity contribution in [1.82, 2.24) is 20.5 Å². The smallest absolute Gasteiger partial charge is 0.272 e. The number of rotatable bonds is 7. The van der Waals surface area contributed by atoms with Gasteiger partial charge in [0.1, 0.15) is 5.82 Å². The van der Waals surface area contributed by atoms with Gasteiger partial charge in [0.15, 0.2) is 5.69 Å². The van der Waals surface area contributed by atoms with Crippen LogP contribution in [0.15, 0.2) is 66.9 Å². The van der Waals surface area contributed by atoms with Gasteiger partial charge in [-0.1, -0.05) is 36.4 Å². The number of carbonyl (C=O) groups is 1. The molecule has 3 rings (SSSR count). The Morgan fingerprint density at radius 3 is 2.48 bits per heavy atom. The fourth-order valence-electron chi connectivity index (χ4n) is 2.29. The number of aromatic nitrogens is 3. The molecule has 0 aliphatic heterocycles. The lowest BCUT2D eigenvalue weighted by Crippen LogP contribution is -2.24. The van der Waals surface area contributed by atoms with Crippen LogP contribution >= 0.6 is 0 Å². The Bertz CT molecular complexity index is 791. The molecule has 0 unspecified atom stereocenters. The second kappa shape index (κ2) is 8.54. The Balaban J connectivity index is 1.47.